The predicted octanol–water partition coefficient (Wildman–Crippen LogP) is 9.04. The number of hydrogen-bond acceptors (Lipinski definition) is 7. The van der Waals surface area contributed by atoms with Crippen molar-refractivity contribution in [2.24, 2.45) is 0 Å². The van der Waals surface area contributed by atoms with E-state index in [9.17, 15) is 14.4 Å². The van der Waals surface area contributed by atoms with E-state index in [4.69, 9.17) is 27.9 Å². The van der Waals surface area contributed by atoms with Gasteiger partial charge in [0.2, 0.25) is 5.91 Å². The van der Waals surface area contributed by atoms with Crippen LogP contribution >= 0.6 is 46.3 Å². The summed E-state index contributed by atoms with van der Waals surface area (Å²) in [5, 5.41) is 11.0. The highest BCUT2D eigenvalue weighted by molar-refractivity contribution is 8.00. The summed E-state index contributed by atoms with van der Waals surface area (Å²) in [7, 11) is 1.61. The van der Waals surface area contributed by atoms with Gasteiger partial charge in [-0.05, 0) is 66.6 Å². The molecule has 12 heteroatoms. The summed E-state index contributed by atoms with van der Waals surface area (Å²) in [6.45, 7) is 1.93. The maximum absolute atomic E-state index is 13.6. The molecular formula is C36H30Cl2N4O4S2. The second-order valence-electron chi connectivity index (χ2n) is 10.3. The molecule has 1 heterocycles. The number of amides is 3. The first-order valence-corrected chi connectivity index (χ1v) is 17.3. The Balaban J connectivity index is 1.29. The summed E-state index contributed by atoms with van der Waals surface area (Å²) in [5.41, 5.74) is 2.91. The van der Waals surface area contributed by atoms with Gasteiger partial charge in [-0.15, -0.1) is 23.1 Å². The van der Waals surface area contributed by atoms with Gasteiger partial charge in [-0.25, -0.2) is 4.98 Å². The van der Waals surface area contributed by atoms with Gasteiger partial charge in [0, 0.05) is 27.1 Å². The standard InChI is InChI=1S/C36H30Cl2N4O4S2/c1-3-31(35(45)42-36-41-30(21-47-36)23-12-7-15-26(18-23)46-2)48-27-16-9-14-25(20-27)39-34(44)29(19-24-13-8-17-28(37)32(24)38)40-33(43)22-10-5-4-6-11-22/h4-21,31H,3H2,1-2H3,(H,39,44)(H,40,43)(H,41,42,45)/b29-19+. The molecule has 1 atom stereocenters. The molecule has 1 unspecified atom stereocenters. The molecule has 3 amide bonds. The van der Waals surface area contributed by atoms with Crippen molar-refractivity contribution in [2.75, 3.05) is 17.7 Å². The van der Waals surface area contributed by atoms with Crippen molar-refractivity contribution in [1.29, 1.82) is 0 Å². The Morgan fingerprint density at radius 3 is 2.48 bits per heavy atom. The fraction of sp³-hybridized carbons (Fsp3) is 0.111. The monoisotopic (exact) mass is 716 g/mol. The summed E-state index contributed by atoms with van der Waals surface area (Å²) in [4.78, 5) is 45.2. The third-order valence-electron chi connectivity index (χ3n) is 6.94. The summed E-state index contributed by atoms with van der Waals surface area (Å²) < 4.78 is 5.31. The predicted molar refractivity (Wildman–Crippen MR) is 196 cm³/mol. The molecule has 1 aromatic heterocycles. The van der Waals surface area contributed by atoms with Gasteiger partial charge in [0.25, 0.3) is 11.8 Å². The number of methoxy groups -OCH3 is 1. The van der Waals surface area contributed by atoms with Crippen molar-refractivity contribution in [3.05, 3.63) is 129 Å². The number of nitrogens with one attached hydrogen (secondary N) is 3. The highest BCUT2D eigenvalue weighted by Gasteiger charge is 2.21. The normalized spacial score (nSPS) is 11.8. The summed E-state index contributed by atoms with van der Waals surface area (Å²) in [5.74, 6) is -0.498. The van der Waals surface area contributed by atoms with E-state index >= 15 is 0 Å². The van der Waals surface area contributed by atoms with Crippen LogP contribution in [0.1, 0.15) is 29.3 Å². The van der Waals surface area contributed by atoms with Gasteiger partial charge in [0.1, 0.15) is 11.4 Å². The van der Waals surface area contributed by atoms with Crippen LogP contribution in [0.2, 0.25) is 10.0 Å². The Kier molecular flexibility index (Phi) is 11.9. The van der Waals surface area contributed by atoms with Crippen molar-refractivity contribution in [2.45, 2.75) is 23.5 Å². The zero-order valence-electron chi connectivity index (χ0n) is 25.8. The highest BCUT2D eigenvalue weighted by atomic mass is 35.5. The quantitative estimate of drug-likeness (QED) is 0.0878. The number of carbonyl (C=O) groups excluding carboxylic acids is 3. The summed E-state index contributed by atoms with van der Waals surface area (Å²) in [6.07, 6.45) is 2.03. The van der Waals surface area contributed by atoms with Crippen molar-refractivity contribution in [1.82, 2.24) is 10.3 Å². The lowest BCUT2D eigenvalue weighted by molar-refractivity contribution is -0.116. The van der Waals surface area contributed by atoms with Crippen LogP contribution < -0.4 is 20.7 Å². The number of hydrogen-bond donors (Lipinski definition) is 3. The van der Waals surface area contributed by atoms with Crippen molar-refractivity contribution in [3.63, 3.8) is 0 Å². The van der Waals surface area contributed by atoms with E-state index in [0.29, 0.717) is 33.4 Å². The Labute approximate surface area is 296 Å². The zero-order valence-corrected chi connectivity index (χ0v) is 29.0. The van der Waals surface area contributed by atoms with Crippen molar-refractivity contribution >= 4 is 80.9 Å². The van der Waals surface area contributed by atoms with E-state index in [1.165, 1.54) is 29.2 Å². The minimum Gasteiger partial charge on any atom is -0.497 e. The van der Waals surface area contributed by atoms with Crippen molar-refractivity contribution in [3.8, 4) is 17.0 Å². The lowest BCUT2D eigenvalue weighted by atomic mass is 10.1. The first-order chi connectivity index (χ1) is 23.2. The third kappa shape index (κ3) is 9.05. The molecular weight excluding hydrogens is 687 g/mol. The van der Waals surface area contributed by atoms with Gasteiger partial charge in [0.15, 0.2) is 5.13 Å². The van der Waals surface area contributed by atoms with E-state index in [1.54, 1.807) is 73.8 Å². The molecule has 0 aliphatic carbocycles. The fourth-order valence-electron chi connectivity index (χ4n) is 4.49. The molecule has 0 fully saturated rings. The molecule has 0 aliphatic rings. The van der Waals surface area contributed by atoms with Crippen LogP contribution in [0.5, 0.6) is 5.75 Å². The topological polar surface area (TPSA) is 109 Å². The van der Waals surface area contributed by atoms with Crippen molar-refractivity contribution < 1.29 is 19.1 Å². The van der Waals surface area contributed by atoms with Gasteiger partial charge in [0.05, 0.1) is 28.1 Å². The molecule has 3 N–H and O–H groups in total. The van der Waals surface area contributed by atoms with Gasteiger partial charge >= 0.3 is 0 Å². The molecule has 5 aromatic rings. The summed E-state index contributed by atoms with van der Waals surface area (Å²) in [6, 6.07) is 28.3. The SMILES string of the molecule is CCC(Sc1cccc(NC(=O)/C(=C\c2cccc(Cl)c2Cl)NC(=O)c2ccccc2)c1)C(=O)Nc1nc(-c2cccc(OC)c2)cs1. The van der Waals surface area contributed by atoms with Gasteiger partial charge in [-0.1, -0.05) is 78.7 Å². The zero-order chi connectivity index (χ0) is 34.0. The lowest BCUT2D eigenvalue weighted by Gasteiger charge is -2.15. The summed E-state index contributed by atoms with van der Waals surface area (Å²) >= 11 is 15.3. The largest absolute Gasteiger partial charge is 0.497 e. The first kappa shape index (κ1) is 34.7. The molecule has 48 heavy (non-hydrogen) atoms. The van der Waals surface area contributed by atoms with E-state index in [1.807, 2.05) is 42.6 Å². The van der Waals surface area contributed by atoms with Crippen LogP contribution in [0.4, 0.5) is 10.8 Å². The number of halogens is 2. The number of benzene rings is 4. The van der Waals surface area contributed by atoms with E-state index in [0.717, 1.165) is 21.9 Å². The smallest absolute Gasteiger partial charge is 0.272 e. The van der Waals surface area contributed by atoms with Crippen LogP contribution in [-0.2, 0) is 9.59 Å². The number of aromatic nitrogens is 1. The average molecular weight is 718 g/mol. The van der Waals surface area contributed by atoms with E-state index in [-0.39, 0.29) is 16.6 Å². The Bertz CT molecular complexity index is 1970. The number of thioether (sulfide) groups is 1. The molecule has 4 aromatic carbocycles. The number of carbonyl (C=O) groups is 3. The Morgan fingerprint density at radius 1 is 0.938 bits per heavy atom. The molecule has 5 rings (SSSR count). The molecule has 0 radical (unpaired) electrons. The number of nitrogens with zero attached hydrogens (tertiary/aromatic N) is 1. The van der Waals surface area contributed by atoms with Gasteiger partial charge < -0.3 is 20.7 Å². The van der Waals surface area contributed by atoms with Crippen LogP contribution in [0, 0.1) is 0 Å². The van der Waals surface area contributed by atoms with Gasteiger partial charge in [-0.3, -0.25) is 14.4 Å². The number of anilines is 2. The Morgan fingerprint density at radius 2 is 1.71 bits per heavy atom. The Hall–Kier alpha value is -4.61. The highest BCUT2D eigenvalue weighted by Crippen LogP contribution is 2.31. The maximum Gasteiger partial charge on any atom is 0.272 e. The van der Waals surface area contributed by atoms with Gasteiger partial charge in [-0.2, -0.15) is 0 Å². The molecule has 0 bridgehead atoms. The number of ether oxygens (including phenoxy) is 1. The lowest BCUT2D eigenvalue weighted by Crippen LogP contribution is -2.30. The molecule has 0 spiro atoms. The van der Waals surface area contributed by atoms with Crippen LogP contribution in [0.15, 0.2) is 113 Å². The molecule has 0 aliphatic heterocycles. The minimum absolute atomic E-state index is 0.0337. The molecule has 8 nitrogen and oxygen atoms in total. The van der Waals surface area contributed by atoms with E-state index in [2.05, 4.69) is 20.9 Å². The average Bonchev–Trinajstić information content (AvgIpc) is 3.57. The molecule has 0 saturated heterocycles. The molecule has 0 saturated carbocycles. The second-order valence-corrected chi connectivity index (χ2v) is 13.2. The van der Waals surface area contributed by atoms with Crippen LogP contribution in [0.25, 0.3) is 17.3 Å². The van der Waals surface area contributed by atoms with Crippen LogP contribution in [-0.4, -0.2) is 35.1 Å². The third-order valence-corrected chi connectivity index (χ3v) is 9.89. The number of rotatable bonds is 12. The molecule has 244 valence electrons. The minimum atomic E-state index is -0.571. The fourth-order valence-corrected chi connectivity index (χ4v) is 6.59. The second kappa shape index (κ2) is 16.5. The maximum atomic E-state index is 13.6. The first-order valence-electron chi connectivity index (χ1n) is 14.7. The van der Waals surface area contributed by atoms with E-state index < -0.39 is 17.1 Å². The number of thiazole rings is 1. The van der Waals surface area contributed by atoms with Crippen LogP contribution in [0.3, 0.4) is 0 Å².